The van der Waals surface area contributed by atoms with Gasteiger partial charge in [-0.2, -0.15) is 0 Å². The highest BCUT2D eigenvalue weighted by Crippen LogP contribution is 2.12. The third-order valence-corrected chi connectivity index (χ3v) is 5.25. The summed E-state index contributed by atoms with van der Waals surface area (Å²) in [5.41, 5.74) is 3.75. The first-order chi connectivity index (χ1) is 18.1. The number of methoxy groups -OCH3 is 1. The molecule has 0 saturated heterocycles. The van der Waals surface area contributed by atoms with Crippen LogP contribution < -0.4 is 10.6 Å². The number of amides is 1. The van der Waals surface area contributed by atoms with E-state index >= 15 is 0 Å². The minimum Gasteiger partial charge on any atom is -0.387 e. The fourth-order valence-corrected chi connectivity index (χ4v) is 3.39. The molecule has 0 aliphatic carbocycles. The van der Waals surface area contributed by atoms with Gasteiger partial charge in [0, 0.05) is 39.0 Å². The lowest BCUT2D eigenvalue weighted by Crippen LogP contribution is -2.32. The highest BCUT2D eigenvalue weighted by molar-refractivity contribution is 5.94. The fourth-order valence-electron chi connectivity index (χ4n) is 3.39. The number of hydrogen-bond acceptors (Lipinski definition) is 5. The Morgan fingerprint density at radius 3 is 2.19 bits per heavy atom. The Morgan fingerprint density at radius 1 is 1.03 bits per heavy atom. The molecule has 3 rings (SSSR count). The smallest absolute Gasteiger partial charge is 0.253 e. The van der Waals surface area contributed by atoms with Crippen LogP contribution >= 0.6 is 0 Å². The second kappa shape index (κ2) is 21.2. The number of nitrogens with zero attached hydrogens (tertiary/aromatic N) is 1. The summed E-state index contributed by atoms with van der Waals surface area (Å²) in [5, 5.41) is 16.6. The molecule has 0 aromatic heterocycles. The van der Waals surface area contributed by atoms with E-state index in [4.69, 9.17) is 4.74 Å². The van der Waals surface area contributed by atoms with Crippen molar-refractivity contribution in [2.24, 2.45) is 0 Å². The summed E-state index contributed by atoms with van der Waals surface area (Å²) in [5.74, 6) is -0.0150. The van der Waals surface area contributed by atoms with Crippen LogP contribution in [0, 0.1) is 0 Å². The molecule has 1 amide bonds. The Kier molecular flexibility index (Phi) is 19.5. The van der Waals surface area contributed by atoms with Gasteiger partial charge in [-0.3, -0.25) is 4.79 Å². The molecule has 0 bridgehead atoms. The molecule has 0 fully saturated rings. The minimum atomic E-state index is -0.513. The fraction of sp³-hybridized carbons (Fsp3) is 0.452. The molecule has 1 heterocycles. The van der Waals surface area contributed by atoms with Crippen molar-refractivity contribution in [3.63, 3.8) is 0 Å². The lowest BCUT2D eigenvalue weighted by Gasteiger charge is -2.22. The number of ether oxygens (including phenoxy) is 1. The van der Waals surface area contributed by atoms with Crippen LogP contribution in [-0.4, -0.2) is 55.9 Å². The van der Waals surface area contributed by atoms with E-state index in [1.807, 2.05) is 114 Å². The second-order valence-corrected chi connectivity index (χ2v) is 7.64. The second-order valence-electron chi connectivity index (χ2n) is 7.64. The zero-order valence-corrected chi connectivity index (χ0v) is 24.1. The van der Waals surface area contributed by atoms with Gasteiger partial charge in [-0.05, 0) is 47.9 Å². The predicted octanol–water partition coefficient (Wildman–Crippen LogP) is 5.72. The van der Waals surface area contributed by atoms with E-state index in [1.165, 1.54) is 0 Å². The number of carbonyl (C=O) groups excluding carboxylic acids is 1. The monoisotopic (exact) mass is 511 g/mol. The van der Waals surface area contributed by atoms with Crippen LogP contribution in [0.4, 0.5) is 0 Å². The van der Waals surface area contributed by atoms with Crippen molar-refractivity contribution >= 4 is 5.91 Å². The van der Waals surface area contributed by atoms with E-state index in [0.717, 1.165) is 29.7 Å². The highest BCUT2D eigenvalue weighted by Gasteiger charge is 2.14. The maximum Gasteiger partial charge on any atom is 0.253 e. The molecular formula is C31H49N3O3. The van der Waals surface area contributed by atoms with Gasteiger partial charge in [0.15, 0.2) is 0 Å². The van der Waals surface area contributed by atoms with Crippen LogP contribution in [-0.2, 0) is 11.2 Å². The lowest BCUT2D eigenvalue weighted by molar-refractivity contribution is 0.0806. The molecule has 0 spiro atoms. The van der Waals surface area contributed by atoms with Crippen molar-refractivity contribution < 1.29 is 14.6 Å². The molecule has 2 aromatic rings. The maximum absolute atomic E-state index is 12.7. The molecule has 6 heteroatoms. The van der Waals surface area contributed by atoms with Crippen LogP contribution in [0.5, 0.6) is 0 Å². The Labute approximate surface area is 225 Å². The van der Waals surface area contributed by atoms with Gasteiger partial charge < -0.3 is 25.4 Å². The summed E-state index contributed by atoms with van der Waals surface area (Å²) < 4.78 is 5.20. The van der Waals surface area contributed by atoms with Gasteiger partial charge in [-0.15, -0.1) is 0 Å². The molecule has 1 aliphatic rings. The molecule has 2 atom stereocenters. The Bertz CT molecular complexity index is 896. The van der Waals surface area contributed by atoms with Crippen molar-refractivity contribution in [3.05, 3.63) is 95.2 Å². The average molecular weight is 512 g/mol. The molecule has 2 aromatic carbocycles. The van der Waals surface area contributed by atoms with Gasteiger partial charge in [-0.25, -0.2) is 0 Å². The van der Waals surface area contributed by atoms with Crippen LogP contribution in [0.15, 0.2) is 78.5 Å². The molecule has 6 nitrogen and oxygen atoms in total. The average Bonchev–Trinajstić information content (AvgIpc) is 2.99. The summed E-state index contributed by atoms with van der Waals surface area (Å²) in [4.78, 5) is 14.4. The van der Waals surface area contributed by atoms with E-state index in [9.17, 15) is 9.90 Å². The first kappa shape index (κ1) is 34.1. The summed E-state index contributed by atoms with van der Waals surface area (Å²) in [6.07, 6.45) is 5.97. The van der Waals surface area contributed by atoms with E-state index in [-0.39, 0.29) is 12.1 Å². The van der Waals surface area contributed by atoms with Crippen LogP contribution in [0.2, 0.25) is 0 Å². The quantitative estimate of drug-likeness (QED) is 0.356. The van der Waals surface area contributed by atoms with Crippen LogP contribution in [0.1, 0.15) is 69.1 Å². The van der Waals surface area contributed by atoms with Crippen LogP contribution in [0.25, 0.3) is 0 Å². The Morgan fingerprint density at radius 2 is 1.65 bits per heavy atom. The molecule has 2 unspecified atom stereocenters. The normalized spacial score (nSPS) is 14.2. The summed E-state index contributed by atoms with van der Waals surface area (Å²) in [6, 6.07) is 17.4. The number of likely N-dealkylation sites (N-methyl/N-ethyl adjacent to an activating group) is 1. The van der Waals surface area contributed by atoms with Gasteiger partial charge in [-0.1, -0.05) is 90.1 Å². The van der Waals surface area contributed by atoms with E-state index < -0.39 is 6.10 Å². The van der Waals surface area contributed by atoms with Crippen molar-refractivity contribution in [3.8, 4) is 0 Å². The number of aliphatic hydroxyl groups excluding tert-OH is 1. The number of carbonyl (C=O) groups is 1. The van der Waals surface area contributed by atoms with Crippen molar-refractivity contribution in [2.45, 2.75) is 60.3 Å². The maximum atomic E-state index is 12.7. The van der Waals surface area contributed by atoms with E-state index in [2.05, 4.69) is 10.6 Å². The van der Waals surface area contributed by atoms with Gasteiger partial charge in [0.25, 0.3) is 5.91 Å². The number of aliphatic hydroxyl groups is 1. The molecule has 3 N–H and O–H groups in total. The third-order valence-electron chi connectivity index (χ3n) is 5.25. The van der Waals surface area contributed by atoms with E-state index in [0.29, 0.717) is 18.7 Å². The van der Waals surface area contributed by atoms with Crippen molar-refractivity contribution in [2.75, 3.05) is 33.8 Å². The van der Waals surface area contributed by atoms with Crippen molar-refractivity contribution in [1.82, 2.24) is 15.5 Å². The summed E-state index contributed by atoms with van der Waals surface area (Å²) in [7, 11) is 3.44. The first-order valence-electron chi connectivity index (χ1n) is 13.5. The largest absolute Gasteiger partial charge is 0.387 e. The topological polar surface area (TPSA) is 73.8 Å². The SMILES string of the molecule is CC.CC.CC.COC1C=CC(CN(C)C(=O)c2ccc(CCNCC(O)c3ccccc3)cc2)=CN1. The van der Waals surface area contributed by atoms with Crippen LogP contribution in [0.3, 0.4) is 0 Å². The Balaban J connectivity index is 0.00000201. The minimum absolute atomic E-state index is 0.0150. The zero-order valence-electron chi connectivity index (χ0n) is 24.1. The zero-order chi connectivity index (χ0) is 28.1. The molecule has 0 saturated carbocycles. The third kappa shape index (κ3) is 12.7. The Hall–Kier alpha value is -2.93. The first-order valence-corrected chi connectivity index (χ1v) is 13.5. The van der Waals surface area contributed by atoms with Gasteiger partial charge in [0.1, 0.15) is 6.23 Å². The number of nitrogens with one attached hydrogen (secondary N) is 2. The number of rotatable bonds is 10. The standard InChI is InChI=1S/C25H31N3O3.3C2H6/c1-28(18-20-10-13-24(31-2)27-16-20)25(30)22-11-8-19(9-12-22)14-15-26-17-23(29)21-6-4-3-5-7-21;3*1-2/h3-13,16,23-24,26-27,29H,14-15,17-18H2,1-2H3;3*1-2H3. The number of hydrogen-bond donors (Lipinski definition) is 3. The summed E-state index contributed by atoms with van der Waals surface area (Å²) >= 11 is 0. The molecule has 0 radical (unpaired) electrons. The van der Waals surface area contributed by atoms with Gasteiger partial charge >= 0.3 is 0 Å². The number of dihydropyridines is 1. The number of benzene rings is 2. The predicted molar refractivity (Wildman–Crippen MR) is 157 cm³/mol. The lowest BCUT2D eigenvalue weighted by atomic mass is 10.1. The molecular weight excluding hydrogens is 462 g/mol. The van der Waals surface area contributed by atoms with Gasteiger partial charge in [0.2, 0.25) is 0 Å². The van der Waals surface area contributed by atoms with E-state index in [1.54, 1.807) is 19.1 Å². The molecule has 206 valence electrons. The van der Waals surface area contributed by atoms with Gasteiger partial charge in [0.05, 0.1) is 6.10 Å². The molecule has 1 aliphatic heterocycles. The molecule has 37 heavy (non-hydrogen) atoms. The van der Waals surface area contributed by atoms with Crippen molar-refractivity contribution in [1.29, 1.82) is 0 Å². The summed E-state index contributed by atoms with van der Waals surface area (Å²) in [6.45, 7) is 13.8. The highest BCUT2D eigenvalue weighted by atomic mass is 16.5.